The maximum Gasteiger partial charge on any atom is 0.417 e. The van der Waals surface area contributed by atoms with Gasteiger partial charge in [-0.1, -0.05) is 24.3 Å². The summed E-state index contributed by atoms with van der Waals surface area (Å²) >= 11 is 0. The number of fused-ring (bicyclic) bond motifs is 1. The fourth-order valence-corrected chi connectivity index (χ4v) is 4.61. The van der Waals surface area contributed by atoms with Gasteiger partial charge >= 0.3 is 5.76 Å². The molecule has 0 radical (unpaired) electrons. The number of hydrogen-bond donors (Lipinski definition) is 2. The van der Waals surface area contributed by atoms with Crippen LogP contribution in [0.25, 0.3) is 11.1 Å². The lowest BCUT2D eigenvalue weighted by atomic mass is 9.81. The highest BCUT2D eigenvalue weighted by atomic mass is 19.1. The van der Waals surface area contributed by atoms with E-state index in [2.05, 4.69) is 22.9 Å². The number of hydrogen-bond acceptors (Lipinski definition) is 3. The minimum absolute atomic E-state index is 0.186. The monoisotopic (exact) mass is 408 g/mol. The number of nitrogens with one attached hydrogen (secondary N) is 2. The van der Waals surface area contributed by atoms with E-state index < -0.39 is 5.76 Å². The van der Waals surface area contributed by atoms with Crippen LogP contribution in [0.3, 0.4) is 0 Å². The molecule has 3 aromatic rings. The summed E-state index contributed by atoms with van der Waals surface area (Å²) in [6, 6.07) is 13.8. The summed E-state index contributed by atoms with van der Waals surface area (Å²) in [4.78, 5) is 14.1. The Balaban J connectivity index is 1.30. The zero-order chi connectivity index (χ0) is 20.9. The normalized spacial score (nSPS) is 20.3. The minimum atomic E-state index is -0.399. The highest BCUT2D eigenvalue weighted by Gasteiger charge is 2.24. The first-order valence-electron chi connectivity index (χ1n) is 10.8. The molecule has 0 aliphatic heterocycles. The molecule has 158 valence electrons. The lowest BCUT2D eigenvalue weighted by Crippen LogP contribution is -2.40. The number of halogens is 1. The predicted molar refractivity (Wildman–Crippen MR) is 118 cm³/mol. The van der Waals surface area contributed by atoms with E-state index in [4.69, 9.17) is 4.42 Å². The third-order valence-electron chi connectivity index (χ3n) is 6.26. The zero-order valence-corrected chi connectivity index (χ0v) is 17.2. The van der Waals surface area contributed by atoms with Crippen LogP contribution in [0.15, 0.2) is 64.3 Å². The first kappa shape index (κ1) is 20.6. The van der Waals surface area contributed by atoms with Gasteiger partial charge in [0.25, 0.3) is 0 Å². The van der Waals surface area contributed by atoms with Crippen LogP contribution in [0.4, 0.5) is 4.39 Å². The van der Waals surface area contributed by atoms with Crippen LogP contribution in [0, 0.1) is 5.82 Å². The van der Waals surface area contributed by atoms with Crippen LogP contribution in [0.1, 0.15) is 55.6 Å². The number of benzene rings is 2. The van der Waals surface area contributed by atoms with E-state index in [9.17, 15) is 9.18 Å². The molecule has 5 heteroatoms. The SMILES string of the molecule is C=CCC(CCc1ccc(F)cc1)N[C@H]1CC[C@H](c2ccc3[nH]c(=O)oc3c2)CC1. The predicted octanol–water partition coefficient (Wildman–Crippen LogP) is 5.45. The lowest BCUT2D eigenvalue weighted by molar-refractivity contribution is 0.307. The van der Waals surface area contributed by atoms with Crippen molar-refractivity contribution in [2.75, 3.05) is 0 Å². The van der Waals surface area contributed by atoms with E-state index in [-0.39, 0.29) is 5.82 Å². The molecule has 1 aliphatic carbocycles. The molecule has 4 rings (SSSR count). The first-order chi connectivity index (χ1) is 14.6. The standard InChI is InChI=1S/C25H29FN2O2/c1-2-3-21(12-6-17-4-10-20(26)11-5-17)27-22-13-7-18(8-14-22)19-9-15-23-24(16-19)30-25(29)28-23/h2,4-5,9-11,15-16,18,21-22,27H,1,3,6-8,12-14H2,(H,28,29)/t18-,21?,22-. The molecule has 1 atom stereocenters. The highest BCUT2D eigenvalue weighted by molar-refractivity contribution is 5.72. The van der Waals surface area contributed by atoms with Crippen LogP contribution in [0.2, 0.25) is 0 Å². The van der Waals surface area contributed by atoms with Gasteiger partial charge in [0.1, 0.15) is 5.82 Å². The molecule has 1 fully saturated rings. The molecule has 1 saturated carbocycles. The second kappa shape index (κ2) is 9.43. The molecule has 0 spiro atoms. The van der Waals surface area contributed by atoms with Crippen molar-refractivity contribution in [2.45, 2.75) is 62.9 Å². The molecular formula is C25H29FN2O2. The Kier molecular flexibility index (Phi) is 6.48. The van der Waals surface area contributed by atoms with E-state index in [1.165, 1.54) is 23.3 Å². The Morgan fingerprint density at radius 3 is 2.67 bits per heavy atom. The third kappa shape index (κ3) is 5.08. The molecule has 1 unspecified atom stereocenters. The highest BCUT2D eigenvalue weighted by Crippen LogP contribution is 2.34. The topological polar surface area (TPSA) is 58.0 Å². The summed E-state index contributed by atoms with van der Waals surface area (Å²) in [6.45, 7) is 3.92. The summed E-state index contributed by atoms with van der Waals surface area (Å²) in [5.74, 6) is -0.0808. The Bertz CT molecular complexity index is 1030. The largest absolute Gasteiger partial charge is 0.417 e. The molecule has 30 heavy (non-hydrogen) atoms. The van der Waals surface area contributed by atoms with Crippen LogP contribution in [0.5, 0.6) is 0 Å². The van der Waals surface area contributed by atoms with Gasteiger partial charge in [-0.05, 0) is 86.3 Å². The zero-order valence-electron chi connectivity index (χ0n) is 17.2. The fourth-order valence-electron chi connectivity index (χ4n) is 4.61. The van der Waals surface area contributed by atoms with Crippen molar-refractivity contribution in [1.82, 2.24) is 10.3 Å². The van der Waals surface area contributed by atoms with Crippen molar-refractivity contribution in [1.29, 1.82) is 0 Å². The van der Waals surface area contributed by atoms with Crippen molar-refractivity contribution in [3.05, 3.63) is 82.6 Å². The van der Waals surface area contributed by atoms with Gasteiger partial charge in [0.15, 0.2) is 5.58 Å². The molecule has 0 amide bonds. The van der Waals surface area contributed by atoms with Gasteiger partial charge in [0.2, 0.25) is 0 Å². The van der Waals surface area contributed by atoms with E-state index in [1.54, 1.807) is 0 Å². The Labute approximate surface area is 176 Å². The summed E-state index contributed by atoms with van der Waals surface area (Å²) in [5.41, 5.74) is 3.82. The average molecular weight is 409 g/mol. The minimum Gasteiger partial charge on any atom is -0.408 e. The number of H-pyrrole nitrogens is 1. The summed E-state index contributed by atoms with van der Waals surface area (Å²) < 4.78 is 18.3. The first-order valence-corrected chi connectivity index (χ1v) is 10.8. The van der Waals surface area contributed by atoms with Gasteiger partial charge in [0.05, 0.1) is 5.52 Å². The summed E-state index contributed by atoms with van der Waals surface area (Å²) in [7, 11) is 0. The second-order valence-corrected chi connectivity index (χ2v) is 8.37. The second-order valence-electron chi connectivity index (χ2n) is 8.37. The molecule has 2 N–H and O–H groups in total. The molecular weight excluding hydrogens is 379 g/mol. The van der Waals surface area contributed by atoms with Crippen molar-refractivity contribution in [3.8, 4) is 0 Å². The molecule has 1 heterocycles. The van der Waals surface area contributed by atoms with Crippen molar-refractivity contribution in [2.24, 2.45) is 0 Å². The number of aromatic nitrogens is 1. The molecule has 1 aromatic heterocycles. The maximum absolute atomic E-state index is 13.1. The fraction of sp³-hybridized carbons (Fsp3) is 0.400. The van der Waals surface area contributed by atoms with Gasteiger partial charge in [-0.3, -0.25) is 4.98 Å². The Morgan fingerprint density at radius 2 is 1.93 bits per heavy atom. The number of aryl methyl sites for hydroxylation is 1. The molecule has 1 aliphatic rings. The van der Waals surface area contributed by atoms with Gasteiger partial charge < -0.3 is 9.73 Å². The lowest BCUT2D eigenvalue weighted by Gasteiger charge is -2.32. The third-order valence-corrected chi connectivity index (χ3v) is 6.26. The van der Waals surface area contributed by atoms with Crippen molar-refractivity contribution < 1.29 is 8.81 Å². The summed E-state index contributed by atoms with van der Waals surface area (Å²) in [5, 5.41) is 3.83. The van der Waals surface area contributed by atoms with Crippen LogP contribution < -0.4 is 11.1 Å². The molecule has 0 bridgehead atoms. The number of rotatable bonds is 8. The summed E-state index contributed by atoms with van der Waals surface area (Å²) in [6.07, 6.45) is 9.36. The smallest absolute Gasteiger partial charge is 0.408 e. The quantitative estimate of drug-likeness (QED) is 0.487. The van der Waals surface area contributed by atoms with E-state index >= 15 is 0 Å². The molecule has 4 nitrogen and oxygen atoms in total. The average Bonchev–Trinajstić information content (AvgIpc) is 3.13. The van der Waals surface area contributed by atoms with Gasteiger partial charge in [-0.2, -0.15) is 0 Å². The van der Waals surface area contributed by atoms with E-state index in [1.807, 2.05) is 30.3 Å². The van der Waals surface area contributed by atoms with E-state index in [0.29, 0.717) is 23.6 Å². The van der Waals surface area contributed by atoms with Crippen molar-refractivity contribution >= 4 is 11.1 Å². The van der Waals surface area contributed by atoms with Crippen LogP contribution >= 0.6 is 0 Å². The van der Waals surface area contributed by atoms with Gasteiger partial charge in [-0.25, -0.2) is 9.18 Å². The van der Waals surface area contributed by atoms with Crippen LogP contribution in [-0.4, -0.2) is 17.1 Å². The van der Waals surface area contributed by atoms with Crippen LogP contribution in [-0.2, 0) is 6.42 Å². The van der Waals surface area contributed by atoms with Crippen molar-refractivity contribution in [3.63, 3.8) is 0 Å². The Hall–Kier alpha value is -2.66. The Morgan fingerprint density at radius 1 is 1.17 bits per heavy atom. The van der Waals surface area contributed by atoms with Gasteiger partial charge in [0, 0.05) is 12.1 Å². The van der Waals surface area contributed by atoms with E-state index in [0.717, 1.165) is 50.5 Å². The molecule has 0 saturated heterocycles. The van der Waals surface area contributed by atoms with Gasteiger partial charge in [-0.15, -0.1) is 6.58 Å². The maximum atomic E-state index is 13.1. The number of oxazole rings is 1. The number of aromatic amines is 1. The molecule has 2 aromatic carbocycles.